The summed E-state index contributed by atoms with van der Waals surface area (Å²) in [5.41, 5.74) is 0.597. The molecule has 1 aliphatic rings. The zero-order valence-electron chi connectivity index (χ0n) is 11.1. The fraction of sp³-hybridized carbons (Fsp3) is 0.429. The lowest BCUT2D eigenvalue weighted by molar-refractivity contribution is -0.679. The maximum Gasteiger partial charge on any atom is 0.292 e. The lowest BCUT2D eigenvalue weighted by Gasteiger charge is -2.14. The molecule has 2 N–H and O–H groups in total. The first-order valence-corrected chi connectivity index (χ1v) is 6.82. The van der Waals surface area contributed by atoms with Gasteiger partial charge in [0.05, 0.1) is 18.7 Å². The average Bonchev–Trinajstić information content (AvgIpc) is 2.63. The van der Waals surface area contributed by atoms with Crippen LogP contribution in [0.4, 0.5) is 5.69 Å². The molecule has 1 aromatic carbocycles. The summed E-state index contributed by atoms with van der Waals surface area (Å²) in [5.74, 6) is 0.220. The minimum absolute atomic E-state index is 0.132. The quantitative estimate of drug-likeness (QED) is 0.843. The Hall–Kier alpha value is -1.39. The molecular formula is C14H18ClN2O2+. The fourth-order valence-corrected chi connectivity index (χ4v) is 2.26. The number of carbonyl (C=O) groups is 2. The summed E-state index contributed by atoms with van der Waals surface area (Å²) >= 11 is 5.81. The number of hydrogen-bond donors (Lipinski definition) is 1. The summed E-state index contributed by atoms with van der Waals surface area (Å²) < 4.78 is 0. The average molecular weight is 282 g/mol. The van der Waals surface area contributed by atoms with Crippen LogP contribution in [0.3, 0.4) is 0 Å². The van der Waals surface area contributed by atoms with Crippen LogP contribution in [0.15, 0.2) is 24.3 Å². The third-order valence-electron chi connectivity index (χ3n) is 3.16. The van der Waals surface area contributed by atoms with Crippen LogP contribution in [0.1, 0.15) is 20.3 Å². The predicted molar refractivity (Wildman–Crippen MR) is 74.0 cm³/mol. The number of amides is 2. The van der Waals surface area contributed by atoms with Crippen molar-refractivity contribution in [1.29, 1.82) is 0 Å². The molecule has 0 aromatic heterocycles. The van der Waals surface area contributed by atoms with Crippen molar-refractivity contribution >= 4 is 29.1 Å². The monoisotopic (exact) mass is 281 g/mol. The number of imide groups is 1. The minimum atomic E-state index is -0.287. The second-order valence-corrected chi connectivity index (χ2v) is 5.66. The Balaban J connectivity index is 2.12. The van der Waals surface area contributed by atoms with Crippen LogP contribution in [0, 0.1) is 5.92 Å². The molecule has 0 unspecified atom stereocenters. The Morgan fingerprint density at radius 1 is 1.32 bits per heavy atom. The molecule has 0 spiro atoms. The van der Waals surface area contributed by atoms with E-state index in [9.17, 15) is 9.59 Å². The molecule has 2 amide bonds. The molecule has 0 bridgehead atoms. The molecule has 4 nitrogen and oxygen atoms in total. The second-order valence-electron chi connectivity index (χ2n) is 5.22. The Kier molecular flexibility index (Phi) is 4.22. The van der Waals surface area contributed by atoms with Crippen LogP contribution in [-0.2, 0) is 9.59 Å². The van der Waals surface area contributed by atoms with Crippen molar-refractivity contribution in [3.63, 3.8) is 0 Å². The first-order valence-electron chi connectivity index (χ1n) is 6.44. The zero-order valence-corrected chi connectivity index (χ0v) is 11.9. The van der Waals surface area contributed by atoms with Gasteiger partial charge < -0.3 is 5.32 Å². The Morgan fingerprint density at radius 3 is 2.53 bits per heavy atom. The van der Waals surface area contributed by atoms with Gasteiger partial charge in [-0.1, -0.05) is 25.4 Å². The summed E-state index contributed by atoms with van der Waals surface area (Å²) in [4.78, 5) is 25.5. The number of quaternary nitrogens is 1. The third kappa shape index (κ3) is 3.14. The van der Waals surface area contributed by atoms with Gasteiger partial charge in [0, 0.05) is 10.9 Å². The molecule has 1 saturated heterocycles. The Morgan fingerprint density at radius 2 is 1.95 bits per heavy atom. The van der Waals surface area contributed by atoms with Crippen molar-refractivity contribution in [3.8, 4) is 0 Å². The van der Waals surface area contributed by atoms with Gasteiger partial charge in [-0.15, -0.1) is 0 Å². The highest BCUT2D eigenvalue weighted by atomic mass is 35.5. The Bertz CT molecular complexity index is 485. The van der Waals surface area contributed by atoms with Gasteiger partial charge in [-0.3, -0.25) is 9.59 Å². The van der Waals surface area contributed by atoms with E-state index in [1.165, 1.54) is 4.90 Å². The molecule has 1 aromatic rings. The normalized spacial score (nSPS) is 19.6. The summed E-state index contributed by atoms with van der Waals surface area (Å²) in [7, 11) is 0. The lowest BCUT2D eigenvalue weighted by Crippen LogP contribution is -2.92. The molecule has 0 aliphatic carbocycles. The van der Waals surface area contributed by atoms with Gasteiger partial charge in [-0.2, -0.15) is 0 Å². The van der Waals surface area contributed by atoms with Gasteiger partial charge in [-0.25, -0.2) is 4.90 Å². The fourth-order valence-electron chi connectivity index (χ4n) is 2.14. The first-order chi connectivity index (χ1) is 8.99. The van der Waals surface area contributed by atoms with Crippen molar-refractivity contribution in [3.05, 3.63) is 29.3 Å². The summed E-state index contributed by atoms with van der Waals surface area (Å²) in [5, 5.41) is 2.55. The number of hydrogen-bond acceptors (Lipinski definition) is 2. The molecule has 0 saturated carbocycles. The van der Waals surface area contributed by atoms with Gasteiger partial charge in [-0.05, 0) is 24.3 Å². The molecule has 19 heavy (non-hydrogen) atoms. The molecule has 102 valence electrons. The second kappa shape index (κ2) is 5.72. The van der Waals surface area contributed by atoms with Gasteiger partial charge in [0.1, 0.15) is 0 Å². The summed E-state index contributed by atoms with van der Waals surface area (Å²) in [6.45, 7) is 5.03. The molecule has 1 heterocycles. The number of rotatable bonds is 4. The number of halogens is 1. The molecule has 5 heteroatoms. The lowest BCUT2D eigenvalue weighted by atomic mass is 10.2. The van der Waals surface area contributed by atoms with E-state index in [-0.39, 0.29) is 24.3 Å². The predicted octanol–water partition coefficient (Wildman–Crippen LogP) is 1.19. The highest BCUT2D eigenvalue weighted by molar-refractivity contribution is 6.30. The number of anilines is 1. The van der Waals surface area contributed by atoms with Gasteiger partial charge >= 0.3 is 0 Å². The first kappa shape index (κ1) is 14.0. The minimum Gasteiger partial charge on any atom is -0.335 e. The summed E-state index contributed by atoms with van der Waals surface area (Å²) in [6, 6.07) is 6.47. The van der Waals surface area contributed by atoms with E-state index in [4.69, 9.17) is 11.6 Å². The van der Waals surface area contributed by atoms with Crippen LogP contribution < -0.4 is 10.2 Å². The third-order valence-corrected chi connectivity index (χ3v) is 3.41. The van der Waals surface area contributed by atoms with Crippen molar-refractivity contribution in [2.24, 2.45) is 5.92 Å². The van der Waals surface area contributed by atoms with Crippen LogP contribution >= 0.6 is 11.6 Å². The maximum absolute atomic E-state index is 12.3. The van der Waals surface area contributed by atoms with Gasteiger partial charge in [0.2, 0.25) is 5.91 Å². The van der Waals surface area contributed by atoms with E-state index in [0.717, 1.165) is 6.54 Å². The highest BCUT2D eigenvalue weighted by Gasteiger charge is 2.42. The largest absolute Gasteiger partial charge is 0.335 e. The number of nitrogens with two attached hydrogens (primary N) is 1. The molecule has 1 fully saturated rings. The van der Waals surface area contributed by atoms with Crippen LogP contribution in [-0.4, -0.2) is 24.4 Å². The molecule has 1 aliphatic heterocycles. The molecular weight excluding hydrogens is 264 g/mol. The topological polar surface area (TPSA) is 54.0 Å². The van der Waals surface area contributed by atoms with E-state index in [1.807, 2.05) is 5.32 Å². The number of nitrogens with zero attached hydrogens (tertiary/aromatic N) is 1. The highest BCUT2D eigenvalue weighted by Crippen LogP contribution is 2.23. The van der Waals surface area contributed by atoms with E-state index < -0.39 is 0 Å². The molecule has 0 radical (unpaired) electrons. The van der Waals surface area contributed by atoms with E-state index >= 15 is 0 Å². The van der Waals surface area contributed by atoms with Crippen molar-refractivity contribution in [1.82, 2.24) is 0 Å². The number of benzene rings is 1. The van der Waals surface area contributed by atoms with Gasteiger partial charge in [0.15, 0.2) is 6.04 Å². The van der Waals surface area contributed by atoms with Crippen LogP contribution in [0.25, 0.3) is 0 Å². The SMILES string of the molecule is CC(C)C[NH2+][C@@H]1CC(=O)N(c2ccc(Cl)cc2)C1=O. The van der Waals surface area contributed by atoms with Crippen LogP contribution in [0.5, 0.6) is 0 Å². The zero-order chi connectivity index (χ0) is 14.0. The smallest absolute Gasteiger partial charge is 0.292 e. The molecule has 2 rings (SSSR count). The number of carbonyl (C=O) groups excluding carboxylic acids is 2. The van der Waals surface area contributed by atoms with Crippen molar-refractivity contribution in [2.75, 3.05) is 11.4 Å². The van der Waals surface area contributed by atoms with E-state index in [0.29, 0.717) is 16.6 Å². The Labute approximate surface area is 117 Å². The maximum atomic E-state index is 12.3. The van der Waals surface area contributed by atoms with Crippen molar-refractivity contribution in [2.45, 2.75) is 26.3 Å². The van der Waals surface area contributed by atoms with E-state index in [2.05, 4.69) is 13.8 Å². The van der Waals surface area contributed by atoms with Gasteiger partial charge in [0.25, 0.3) is 5.91 Å². The van der Waals surface area contributed by atoms with Crippen molar-refractivity contribution < 1.29 is 14.9 Å². The van der Waals surface area contributed by atoms with Crippen LogP contribution in [0.2, 0.25) is 5.02 Å². The standard InChI is InChI=1S/C14H17ClN2O2/c1-9(2)8-16-12-7-13(18)17(14(12)19)11-5-3-10(15)4-6-11/h3-6,9,12,16H,7-8H2,1-2H3/p+1/t12-/m1/s1. The van der Waals surface area contributed by atoms with E-state index in [1.54, 1.807) is 24.3 Å². The molecule has 1 atom stereocenters. The summed E-state index contributed by atoms with van der Waals surface area (Å²) in [6.07, 6.45) is 0.272.